The van der Waals surface area contributed by atoms with Crippen LogP contribution in [0.1, 0.15) is 169 Å². The fraction of sp³-hybridized carbons (Fsp3) is 0.640. The summed E-state index contributed by atoms with van der Waals surface area (Å²) in [6.07, 6.45) is 47.7. The zero-order valence-corrected chi connectivity index (χ0v) is 36.8. The van der Waals surface area contributed by atoms with Crippen LogP contribution >= 0.6 is 0 Å². The first-order valence-electron chi connectivity index (χ1n) is 22.4. The summed E-state index contributed by atoms with van der Waals surface area (Å²) in [4.78, 5) is 48.3. The van der Waals surface area contributed by atoms with Gasteiger partial charge in [0.2, 0.25) is 0 Å². The Morgan fingerprint density at radius 1 is 0.552 bits per heavy atom. The van der Waals surface area contributed by atoms with Gasteiger partial charge in [-0.1, -0.05) is 125 Å². The molecule has 1 saturated carbocycles. The molecule has 0 aromatic carbocycles. The number of allylic oxidation sites excluding steroid dienone is 14. The van der Waals surface area contributed by atoms with Crippen LogP contribution in [0.4, 0.5) is 0 Å². The van der Waals surface area contributed by atoms with Crippen molar-refractivity contribution in [2.45, 2.75) is 188 Å². The van der Waals surface area contributed by atoms with Crippen molar-refractivity contribution in [1.29, 1.82) is 0 Å². The number of ether oxygens (including phenoxy) is 4. The summed E-state index contributed by atoms with van der Waals surface area (Å²) >= 11 is 0. The zero-order chi connectivity index (χ0) is 42.5. The molecule has 0 heterocycles. The Bertz CT molecular complexity index is 1320. The third-order valence-corrected chi connectivity index (χ3v) is 10.1. The van der Waals surface area contributed by atoms with E-state index in [-0.39, 0.29) is 54.0 Å². The van der Waals surface area contributed by atoms with Gasteiger partial charge in [0, 0.05) is 45.4 Å². The van der Waals surface area contributed by atoms with Crippen LogP contribution < -0.4 is 0 Å². The van der Waals surface area contributed by atoms with Crippen molar-refractivity contribution in [3.63, 3.8) is 0 Å². The third-order valence-electron chi connectivity index (χ3n) is 10.1. The van der Waals surface area contributed by atoms with Gasteiger partial charge in [-0.3, -0.25) is 19.2 Å². The highest BCUT2D eigenvalue weighted by Gasteiger charge is 2.46. The molecule has 1 fully saturated rings. The largest absolute Gasteiger partial charge is 0.466 e. The summed E-state index contributed by atoms with van der Waals surface area (Å²) in [5.74, 6) is -1.28. The lowest BCUT2D eigenvalue weighted by Gasteiger charge is -2.27. The normalized spacial score (nSPS) is 19.2. The number of esters is 4. The molecule has 5 atom stereocenters. The SMILES string of the molecule is CC/C=C\C/C=C\C/C=C\C/C=C\C/C=C\C/C=C\CCCOC(=O)CCC/C=C\C[C@@H]1[C@@H](CC[C@H](CCCCCCC)OC(C)=O)[C@H](OC(C)=O)C[C@@H]1OC(C)=O. The van der Waals surface area contributed by atoms with Crippen molar-refractivity contribution >= 4 is 23.9 Å². The van der Waals surface area contributed by atoms with Crippen molar-refractivity contribution < 1.29 is 38.1 Å². The van der Waals surface area contributed by atoms with E-state index in [0.29, 0.717) is 45.1 Å². The van der Waals surface area contributed by atoms with Crippen molar-refractivity contribution in [2.75, 3.05) is 6.61 Å². The maximum atomic E-state index is 12.3. The van der Waals surface area contributed by atoms with Crippen LogP contribution in [0.5, 0.6) is 0 Å². The summed E-state index contributed by atoms with van der Waals surface area (Å²) in [7, 11) is 0. The van der Waals surface area contributed by atoms with E-state index in [1.165, 1.54) is 40.0 Å². The second kappa shape index (κ2) is 36.2. The summed E-state index contributed by atoms with van der Waals surface area (Å²) in [6.45, 7) is 9.01. The van der Waals surface area contributed by atoms with Crippen molar-refractivity contribution in [2.24, 2.45) is 11.8 Å². The van der Waals surface area contributed by atoms with E-state index in [4.69, 9.17) is 18.9 Å². The quantitative estimate of drug-likeness (QED) is 0.0279. The molecular weight excluding hydrogens is 729 g/mol. The minimum atomic E-state index is -0.378. The van der Waals surface area contributed by atoms with E-state index in [1.807, 2.05) is 0 Å². The Hall–Kier alpha value is -3.94. The Balaban J connectivity index is 2.40. The van der Waals surface area contributed by atoms with Gasteiger partial charge in [0.25, 0.3) is 0 Å². The molecule has 8 nitrogen and oxygen atoms in total. The fourth-order valence-electron chi connectivity index (χ4n) is 7.24. The minimum Gasteiger partial charge on any atom is -0.466 e. The van der Waals surface area contributed by atoms with Crippen molar-refractivity contribution in [3.05, 3.63) is 85.1 Å². The van der Waals surface area contributed by atoms with Gasteiger partial charge in [0.05, 0.1) is 6.61 Å². The minimum absolute atomic E-state index is 0.0426. The number of rotatable bonds is 33. The van der Waals surface area contributed by atoms with Crippen LogP contribution in [0.25, 0.3) is 0 Å². The van der Waals surface area contributed by atoms with Gasteiger partial charge >= 0.3 is 23.9 Å². The molecule has 8 heteroatoms. The molecule has 0 saturated heterocycles. The van der Waals surface area contributed by atoms with Gasteiger partial charge in [0.15, 0.2) is 0 Å². The van der Waals surface area contributed by atoms with Crippen LogP contribution in [0.15, 0.2) is 85.1 Å². The first-order valence-corrected chi connectivity index (χ1v) is 22.4. The van der Waals surface area contributed by atoms with Gasteiger partial charge in [-0.15, -0.1) is 0 Å². The zero-order valence-electron chi connectivity index (χ0n) is 36.8. The van der Waals surface area contributed by atoms with Gasteiger partial charge in [-0.2, -0.15) is 0 Å². The molecule has 0 N–H and O–H groups in total. The summed E-state index contributed by atoms with van der Waals surface area (Å²) in [5, 5.41) is 0. The van der Waals surface area contributed by atoms with Gasteiger partial charge in [0.1, 0.15) is 18.3 Å². The smallest absolute Gasteiger partial charge is 0.305 e. The van der Waals surface area contributed by atoms with E-state index in [0.717, 1.165) is 77.0 Å². The maximum Gasteiger partial charge on any atom is 0.305 e. The number of hydrogen-bond acceptors (Lipinski definition) is 8. The maximum absolute atomic E-state index is 12.3. The van der Waals surface area contributed by atoms with Gasteiger partial charge in [-0.25, -0.2) is 0 Å². The average molecular weight is 807 g/mol. The lowest BCUT2D eigenvalue weighted by atomic mass is 9.85. The summed E-state index contributed by atoms with van der Waals surface area (Å²) < 4.78 is 22.6. The van der Waals surface area contributed by atoms with Crippen LogP contribution in [0.3, 0.4) is 0 Å². The lowest BCUT2D eigenvalue weighted by molar-refractivity contribution is -0.149. The molecule has 0 bridgehead atoms. The third kappa shape index (κ3) is 29.3. The first kappa shape index (κ1) is 52.1. The van der Waals surface area contributed by atoms with Crippen LogP contribution in [0.2, 0.25) is 0 Å². The molecule has 1 aliphatic rings. The molecule has 1 rings (SSSR count). The summed E-state index contributed by atoms with van der Waals surface area (Å²) in [5.41, 5.74) is 0. The molecular formula is C50H78O8. The molecule has 0 amide bonds. The Labute approximate surface area is 352 Å². The topological polar surface area (TPSA) is 105 Å². The highest BCUT2D eigenvalue weighted by molar-refractivity contribution is 5.69. The molecule has 0 spiro atoms. The van der Waals surface area contributed by atoms with Crippen LogP contribution in [-0.4, -0.2) is 48.8 Å². The predicted octanol–water partition coefficient (Wildman–Crippen LogP) is 12.7. The Morgan fingerprint density at radius 2 is 1.07 bits per heavy atom. The Morgan fingerprint density at radius 3 is 1.62 bits per heavy atom. The van der Waals surface area contributed by atoms with Crippen molar-refractivity contribution in [3.8, 4) is 0 Å². The summed E-state index contributed by atoms with van der Waals surface area (Å²) in [6, 6.07) is 0. The molecule has 326 valence electrons. The molecule has 58 heavy (non-hydrogen) atoms. The molecule has 1 aliphatic carbocycles. The number of carbonyl (C=O) groups is 4. The number of carbonyl (C=O) groups excluding carboxylic acids is 4. The predicted molar refractivity (Wildman–Crippen MR) is 237 cm³/mol. The van der Waals surface area contributed by atoms with E-state index in [9.17, 15) is 19.2 Å². The van der Waals surface area contributed by atoms with Gasteiger partial charge in [-0.05, 0) is 96.3 Å². The first-order chi connectivity index (χ1) is 28.2. The van der Waals surface area contributed by atoms with E-state index in [2.05, 4.69) is 98.9 Å². The van der Waals surface area contributed by atoms with Gasteiger partial charge < -0.3 is 18.9 Å². The average Bonchev–Trinajstić information content (AvgIpc) is 3.48. The monoisotopic (exact) mass is 807 g/mol. The molecule has 0 aromatic rings. The second-order valence-electron chi connectivity index (χ2n) is 15.2. The van der Waals surface area contributed by atoms with Crippen molar-refractivity contribution in [1.82, 2.24) is 0 Å². The van der Waals surface area contributed by atoms with E-state index >= 15 is 0 Å². The number of unbranched alkanes of at least 4 members (excludes halogenated alkanes) is 6. The van der Waals surface area contributed by atoms with E-state index < -0.39 is 0 Å². The van der Waals surface area contributed by atoms with Crippen LogP contribution in [-0.2, 0) is 38.1 Å². The molecule has 0 unspecified atom stereocenters. The fourth-order valence-corrected chi connectivity index (χ4v) is 7.24. The van der Waals surface area contributed by atoms with Crippen LogP contribution in [0, 0.1) is 11.8 Å². The second-order valence-corrected chi connectivity index (χ2v) is 15.2. The molecule has 0 aliphatic heterocycles. The molecule has 0 aromatic heterocycles. The number of hydrogen-bond donors (Lipinski definition) is 0. The molecule has 0 radical (unpaired) electrons. The Kier molecular flexibility index (Phi) is 32.5. The standard InChI is InChI=1S/C50H78O8/c1-6-8-10-12-13-14-15-16-17-18-19-20-21-22-23-24-25-26-30-34-40-55-50(54)37-33-29-28-32-36-46-47(49(58-44(5)53)41-48(46)57-43(4)52)39-38-45(56-42(3)51)35-31-27-11-9-7-2/h8,10,13-14,16-17,19-20,22-23,25-26,28,32,45-49H,6-7,9,11-12,15,18,21,24,27,29-31,33-41H2,1-5H3/b10-8-,14-13-,17-16-,20-19-,23-22-,26-25-,32-28-/t45-,46+,47+,48-,49+/m0/s1. The van der Waals surface area contributed by atoms with E-state index in [1.54, 1.807) is 0 Å². The highest BCUT2D eigenvalue weighted by atomic mass is 16.6. The highest BCUT2D eigenvalue weighted by Crippen LogP contribution is 2.42. The lowest BCUT2D eigenvalue weighted by Crippen LogP contribution is -2.28.